The summed E-state index contributed by atoms with van der Waals surface area (Å²) in [7, 11) is 0. The van der Waals surface area contributed by atoms with Crippen LogP contribution in [-0.4, -0.2) is 18.5 Å². The molecule has 108 valence electrons. The first-order valence-corrected chi connectivity index (χ1v) is 8.14. The van der Waals surface area contributed by atoms with Crippen LogP contribution in [0.1, 0.15) is 12.5 Å². The van der Waals surface area contributed by atoms with Crippen molar-refractivity contribution >= 4 is 39.9 Å². The fraction of sp³-hybridized carbons (Fsp3) is 0.235. The van der Waals surface area contributed by atoms with Gasteiger partial charge in [0.1, 0.15) is 6.04 Å². The van der Waals surface area contributed by atoms with Crippen LogP contribution in [0.5, 0.6) is 0 Å². The van der Waals surface area contributed by atoms with E-state index in [4.69, 9.17) is 0 Å². The Morgan fingerprint density at radius 2 is 1.90 bits per heavy atom. The normalized spacial score (nSPS) is 14.7. The molecule has 3 rings (SSSR count). The number of fused-ring (bicyclic) bond motifs is 1. The molecule has 0 saturated carbocycles. The van der Waals surface area contributed by atoms with Crippen LogP contribution in [0.15, 0.2) is 48.5 Å². The molecule has 4 heteroatoms. The maximum absolute atomic E-state index is 12.6. The van der Waals surface area contributed by atoms with E-state index in [1.165, 1.54) is 9.13 Å². The van der Waals surface area contributed by atoms with Crippen LogP contribution < -0.4 is 10.2 Å². The summed E-state index contributed by atoms with van der Waals surface area (Å²) >= 11 is 2.27. The second-order valence-electron chi connectivity index (χ2n) is 5.24. The summed E-state index contributed by atoms with van der Waals surface area (Å²) in [6, 6.07) is 16.0. The molecule has 1 N–H and O–H groups in total. The van der Waals surface area contributed by atoms with Gasteiger partial charge in [0.2, 0.25) is 5.91 Å². The monoisotopic (exact) mass is 392 g/mol. The molecule has 2 aromatic rings. The number of carbonyl (C=O) groups is 1. The van der Waals surface area contributed by atoms with Gasteiger partial charge in [-0.2, -0.15) is 0 Å². The fourth-order valence-corrected chi connectivity index (χ4v) is 3.02. The molecule has 0 saturated heterocycles. The zero-order valence-corrected chi connectivity index (χ0v) is 14.0. The molecule has 0 fully saturated rings. The number of benzene rings is 2. The maximum Gasteiger partial charge on any atom is 0.249 e. The Balaban J connectivity index is 1.72. The maximum atomic E-state index is 12.6. The van der Waals surface area contributed by atoms with Crippen molar-refractivity contribution in [2.45, 2.75) is 19.4 Å². The van der Waals surface area contributed by atoms with Crippen LogP contribution in [0.2, 0.25) is 0 Å². The lowest BCUT2D eigenvalue weighted by Crippen LogP contribution is -2.40. The smallest absolute Gasteiger partial charge is 0.249 e. The minimum Gasteiger partial charge on any atom is -0.374 e. The summed E-state index contributed by atoms with van der Waals surface area (Å²) in [5.41, 5.74) is 3.29. The number of hydrogen-bond acceptors (Lipinski definition) is 2. The minimum atomic E-state index is -0.240. The van der Waals surface area contributed by atoms with E-state index >= 15 is 0 Å². The molecule has 1 heterocycles. The average molecular weight is 392 g/mol. The number of hydrogen-bond donors (Lipinski definition) is 1. The lowest BCUT2D eigenvalue weighted by molar-refractivity contribution is -0.118. The number of amides is 1. The molecule has 1 amide bonds. The summed E-state index contributed by atoms with van der Waals surface area (Å²) in [6.45, 7) is 2.69. The third kappa shape index (κ3) is 3.05. The Kier molecular flexibility index (Phi) is 4.14. The summed E-state index contributed by atoms with van der Waals surface area (Å²) in [6.07, 6.45) is 0.943. The first-order chi connectivity index (χ1) is 10.1. The molecular formula is C17H17IN2O. The van der Waals surface area contributed by atoms with Gasteiger partial charge in [0.15, 0.2) is 0 Å². The molecule has 2 aromatic carbocycles. The van der Waals surface area contributed by atoms with E-state index in [-0.39, 0.29) is 11.9 Å². The van der Waals surface area contributed by atoms with Gasteiger partial charge in [0, 0.05) is 21.5 Å². The zero-order valence-electron chi connectivity index (χ0n) is 11.8. The van der Waals surface area contributed by atoms with Crippen molar-refractivity contribution < 1.29 is 4.79 Å². The third-order valence-corrected chi connectivity index (χ3v) is 4.47. The summed E-state index contributed by atoms with van der Waals surface area (Å²) in [5, 5.41) is 3.28. The van der Waals surface area contributed by atoms with E-state index in [1.807, 2.05) is 54.3 Å². The molecule has 0 aromatic heterocycles. The zero-order chi connectivity index (χ0) is 14.8. The SMILES string of the molecule is C[C@H](Nc1ccc(I)cc1)C(=O)N1CCc2ccccc21. The predicted molar refractivity (Wildman–Crippen MR) is 94.7 cm³/mol. The lowest BCUT2D eigenvalue weighted by Gasteiger charge is -2.23. The van der Waals surface area contributed by atoms with E-state index in [2.05, 4.69) is 34.0 Å². The number of halogens is 1. The minimum absolute atomic E-state index is 0.124. The molecule has 3 nitrogen and oxygen atoms in total. The van der Waals surface area contributed by atoms with Gasteiger partial charge in [0.05, 0.1) is 0 Å². The predicted octanol–water partition coefficient (Wildman–Crippen LogP) is 3.68. The lowest BCUT2D eigenvalue weighted by atomic mass is 10.2. The van der Waals surface area contributed by atoms with Gasteiger partial charge >= 0.3 is 0 Å². The van der Waals surface area contributed by atoms with Gasteiger partial charge in [0.25, 0.3) is 0 Å². The number of anilines is 2. The Hall–Kier alpha value is -1.56. The highest BCUT2D eigenvalue weighted by Gasteiger charge is 2.27. The van der Waals surface area contributed by atoms with Crippen molar-refractivity contribution in [3.8, 4) is 0 Å². The highest BCUT2D eigenvalue weighted by molar-refractivity contribution is 14.1. The van der Waals surface area contributed by atoms with Crippen molar-refractivity contribution in [2.75, 3.05) is 16.8 Å². The molecule has 0 unspecified atom stereocenters. The molecule has 1 atom stereocenters. The van der Waals surface area contributed by atoms with Gasteiger partial charge in [-0.3, -0.25) is 4.79 Å². The number of carbonyl (C=O) groups excluding carboxylic acids is 1. The molecule has 1 aliphatic rings. The van der Waals surface area contributed by atoms with Gasteiger partial charge in [-0.05, 0) is 71.8 Å². The van der Waals surface area contributed by atoms with Crippen LogP contribution in [0.25, 0.3) is 0 Å². The third-order valence-electron chi connectivity index (χ3n) is 3.75. The molecular weight excluding hydrogens is 375 g/mol. The van der Waals surface area contributed by atoms with Crippen LogP contribution in [0, 0.1) is 3.57 Å². The summed E-state index contributed by atoms with van der Waals surface area (Å²) in [4.78, 5) is 14.5. The van der Waals surface area contributed by atoms with Crippen molar-refractivity contribution in [2.24, 2.45) is 0 Å². The van der Waals surface area contributed by atoms with Gasteiger partial charge in [-0.1, -0.05) is 18.2 Å². The Morgan fingerprint density at radius 3 is 2.67 bits per heavy atom. The van der Waals surface area contributed by atoms with Gasteiger partial charge in [-0.15, -0.1) is 0 Å². The first-order valence-electron chi connectivity index (χ1n) is 7.06. The largest absolute Gasteiger partial charge is 0.374 e. The average Bonchev–Trinajstić information content (AvgIpc) is 2.92. The Morgan fingerprint density at radius 1 is 1.19 bits per heavy atom. The van der Waals surface area contributed by atoms with E-state index in [1.54, 1.807) is 0 Å². The van der Waals surface area contributed by atoms with E-state index in [0.29, 0.717) is 0 Å². The first kappa shape index (κ1) is 14.4. The summed E-state index contributed by atoms with van der Waals surface area (Å²) in [5.74, 6) is 0.124. The van der Waals surface area contributed by atoms with Crippen molar-refractivity contribution in [1.29, 1.82) is 0 Å². The van der Waals surface area contributed by atoms with Crippen LogP contribution in [0.4, 0.5) is 11.4 Å². The van der Waals surface area contributed by atoms with E-state index in [9.17, 15) is 4.79 Å². The van der Waals surface area contributed by atoms with E-state index in [0.717, 1.165) is 24.3 Å². The molecule has 0 aliphatic carbocycles. The Labute approximate surface area is 138 Å². The van der Waals surface area contributed by atoms with Crippen molar-refractivity contribution in [3.63, 3.8) is 0 Å². The quantitative estimate of drug-likeness (QED) is 0.809. The topological polar surface area (TPSA) is 32.3 Å². The second-order valence-corrected chi connectivity index (χ2v) is 6.49. The number of nitrogens with one attached hydrogen (secondary N) is 1. The standard InChI is InChI=1S/C17H17IN2O/c1-12(19-15-8-6-14(18)7-9-15)17(21)20-11-10-13-4-2-3-5-16(13)20/h2-9,12,19H,10-11H2,1H3/t12-/m0/s1. The number of rotatable bonds is 3. The molecule has 0 radical (unpaired) electrons. The van der Waals surface area contributed by atoms with Crippen LogP contribution in [-0.2, 0) is 11.2 Å². The molecule has 21 heavy (non-hydrogen) atoms. The molecule has 1 aliphatic heterocycles. The molecule has 0 bridgehead atoms. The fourth-order valence-electron chi connectivity index (χ4n) is 2.66. The molecule has 0 spiro atoms. The summed E-state index contributed by atoms with van der Waals surface area (Å²) < 4.78 is 1.19. The van der Waals surface area contributed by atoms with Crippen LogP contribution >= 0.6 is 22.6 Å². The van der Waals surface area contributed by atoms with Crippen molar-refractivity contribution in [1.82, 2.24) is 0 Å². The van der Waals surface area contributed by atoms with Crippen LogP contribution in [0.3, 0.4) is 0 Å². The second kappa shape index (κ2) is 6.05. The van der Waals surface area contributed by atoms with Gasteiger partial charge < -0.3 is 10.2 Å². The number of nitrogens with zero attached hydrogens (tertiary/aromatic N) is 1. The highest BCUT2D eigenvalue weighted by atomic mass is 127. The Bertz CT molecular complexity index is 654. The van der Waals surface area contributed by atoms with Crippen molar-refractivity contribution in [3.05, 3.63) is 57.7 Å². The van der Waals surface area contributed by atoms with E-state index < -0.39 is 0 Å². The number of para-hydroxylation sites is 1. The van der Waals surface area contributed by atoms with Gasteiger partial charge in [-0.25, -0.2) is 0 Å². The highest BCUT2D eigenvalue weighted by Crippen LogP contribution is 2.28.